The Balaban J connectivity index is 2.17. The summed E-state index contributed by atoms with van der Waals surface area (Å²) in [6, 6.07) is 2.97. The first-order valence-electron chi connectivity index (χ1n) is 14.2. The third-order valence-corrected chi connectivity index (χ3v) is 7.85. The van der Waals surface area contributed by atoms with Gasteiger partial charge in [0, 0.05) is 37.9 Å². The minimum Gasteiger partial charge on any atom is -0.461 e. The van der Waals surface area contributed by atoms with Crippen LogP contribution >= 0.6 is 0 Å². The van der Waals surface area contributed by atoms with Gasteiger partial charge in [-0.25, -0.2) is 4.79 Å². The molecule has 17 nitrogen and oxygen atoms in total. The van der Waals surface area contributed by atoms with Gasteiger partial charge in [0.15, 0.2) is 5.25 Å². The van der Waals surface area contributed by atoms with Gasteiger partial charge in [-0.2, -0.15) is 8.42 Å². The van der Waals surface area contributed by atoms with Crippen molar-refractivity contribution in [3.63, 3.8) is 0 Å². The largest absolute Gasteiger partial charge is 0.461 e. The van der Waals surface area contributed by atoms with Crippen molar-refractivity contribution in [1.29, 1.82) is 0 Å². The normalized spacial score (nSPS) is 14.8. The lowest BCUT2D eigenvalue weighted by Crippen LogP contribution is -2.56. The van der Waals surface area contributed by atoms with Gasteiger partial charge in [-0.1, -0.05) is 26.0 Å². The third-order valence-electron chi connectivity index (χ3n) is 6.68. The van der Waals surface area contributed by atoms with E-state index >= 15 is 0 Å². The van der Waals surface area contributed by atoms with E-state index in [1.54, 1.807) is 38.1 Å². The van der Waals surface area contributed by atoms with Crippen molar-refractivity contribution >= 4 is 57.3 Å². The molecule has 0 saturated heterocycles. The highest BCUT2D eigenvalue weighted by Gasteiger charge is 2.37. The van der Waals surface area contributed by atoms with Crippen LogP contribution in [0.1, 0.15) is 45.6 Å². The van der Waals surface area contributed by atoms with E-state index in [9.17, 15) is 46.5 Å². The fraction of sp³-hybridized carbons (Fsp3) is 0.464. The molecule has 1 aliphatic heterocycles. The summed E-state index contributed by atoms with van der Waals surface area (Å²) >= 11 is 0. The standard InChI is InChI=1S/C28H38N6O11S/c1-16(2)24(33-26(39)21(46(42,43)44)12-14-34-22(36)10-11-23(34)37)27(40)32-20(5-4-13-30-28(29)41)25(38)31-19-8-6-18(7-9-19)15-45-17(3)35/h6-11,16,20-21,24H,4-5,12-15H2,1-3H3,(H,31,38)(H,32,40)(H,33,39)(H3,29,30,41)(H,42,43,44)/t20-,21-,24-/m0/s1. The molecule has 0 spiro atoms. The molecular weight excluding hydrogens is 628 g/mol. The Hall–Kier alpha value is -4.84. The second-order valence-electron chi connectivity index (χ2n) is 10.6. The maximum absolute atomic E-state index is 13.4. The maximum atomic E-state index is 13.4. The van der Waals surface area contributed by atoms with Crippen molar-refractivity contribution in [3.05, 3.63) is 42.0 Å². The quantitative estimate of drug-likeness (QED) is 0.0526. The fourth-order valence-electron chi connectivity index (χ4n) is 4.24. The molecule has 0 unspecified atom stereocenters. The molecule has 0 aliphatic carbocycles. The highest BCUT2D eigenvalue weighted by atomic mass is 32.2. The summed E-state index contributed by atoms with van der Waals surface area (Å²) in [5.41, 5.74) is 6.09. The minimum atomic E-state index is -5.04. The molecule has 0 fully saturated rings. The van der Waals surface area contributed by atoms with E-state index in [0.717, 1.165) is 12.2 Å². The molecule has 1 aromatic carbocycles. The summed E-state index contributed by atoms with van der Waals surface area (Å²) in [5.74, 6) is -5.30. The second-order valence-corrected chi connectivity index (χ2v) is 12.2. The first-order valence-corrected chi connectivity index (χ1v) is 15.7. The highest BCUT2D eigenvalue weighted by molar-refractivity contribution is 7.87. The fourth-order valence-corrected chi connectivity index (χ4v) is 4.98. The zero-order chi connectivity index (χ0) is 34.6. The van der Waals surface area contributed by atoms with Crippen molar-refractivity contribution in [2.45, 2.75) is 64.0 Å². The number of nitrogens with two attached hydrogens (primary N) is 1. The molecule has 1 aromatic rings. The summed E-state index contributed by atoms with van der Waals surface area (Å²) in [5, 5.41) is 7.73. The first kappa shape index (κ1) is 37.3. The first-order chi connectivity index (χ1) is 21.5. The number of benzene rings is 1. The monoisotopic (exact) mass is 666 g/mol. The molecule has 252 valence electrons. The number of anilines is 1. The lowest BCUT2D eigenvalue weighted by atomic mass is 10.0. The van der Waals surface area contributed by atoms with Crippen molar-refractivity contribution in [3.8, 4) is 0 Å². The number of esters is 1. The molecule has 1 heterocycles. The molecule has 2 rings (SSSR count). The zero-order valence-electron chi connectivity index (χ0n) is 25.5. The number of carbonyl (C=O) groups excluding carboxylic acids is 7. The van der Waals surface area contributed by atoms with Gasteiger partial charge in [-0.05, 0) is 42.9 Å². The number of carbonyl (C=O) groups is 7. The Morgan fingerprint density at radius 2 is 1.54 bits per heavy atom. The second kappa shape index (κ2) is 17.0. The van der Waals surface area contributed by atoms with E-state index in [1.165, 1.54) is 6.92 Å². The summed E-state index contributed by atoms with van der Waals surface area (Å²) in [7, 11) is -5.04. The molecule has 1 aliphatic rings. The van der Waals surface area contributed by atoms with E-state index in [4.69, 9.17) is 10.5 Å². The smallest absolute Gasteiger partial charge is 0.312 e. The maximum Gasteiger partial charge on any atom is 0.312 e. The average Bonchev–Trinajstić information content (AvgIpc) is 3.28. The average molecular weight is 667 g/mol. The van der Waals surface area contributed by atoms with Gasteiger partial charge in [0.25, 0.3) is 21.9 Å². The van der Waals surface area contributed by atoms with E-state index in [1.807, 2.05) is 0 Å². The molecule has 3 atom stereocenters. The predicted molar refractivity (Wildman–Crippen MR) is 162 cm³/mol. The Bertz CT molecular complexity index is 1440. The van der Waals surface area contributed by atoms with Crippen LogP contribution in [0.4, 0.5) is 10.5 Å². The Labute approximate surface area is 265 Å². The minimum absolute atomic E-state index is 0.0146. The number of nitrogens with zero attached hydrogens (tertiary/aromatic N) is 1. The number of ether oxygens (including phenoxy) is 1. The number of amides is 7. The van der Waals surface area contributed by atoms with Crippen LogP contribution in [0.15, 0.2) is 36.4 Å². The van der Waals surface area contributed by atoms with Crippen LogP contribution in [0, 0.1) is 5.92 Å². The number of primary amides is 1. The number of imide groups is 1. The molecule has 0 aromatic heterocycles. The van der Waals surface area contributed by atoms with Crippen LogP contribution in [0.5, 0.6) is 0 Å². The summed E-state index contributed by atoms with van der Waals surface area (Å²) < 4.78 is 38.8. The molecule has 7 N–H and O–H groups in total. The predicted octanol–water partition coefficient (Wildman–Crippen LogP) is -0.666. The van der Waals surface area contributed by atoms with Gasteiger partial charge in [0.2, 0.25) is 17.7 Å². The van der Waals surface area contributed by atoms with Gasteiger partial charge < -0.3 is 31.7 Å². The highest BCUT2D eigenvalue weighted by Crippen LogP contribution is 2.14. The number of urea groups is 1. The van der Waals surface area contributed by atoms with E-state index in [2.05, 4.69) is 21.3 Å². The number of nitrogens with one attached hydrogen (secondary N) is 4. The molecule has 46 heavy (non-hydrogen) atoms. The van der Waals surface area contributed by atoms with Crippen molar-refractivity contribution in [2.75, 3.05) is 18.4 Å². The van der Waals surface area contributed by atoms with Crippen molar-refractivity contribution < 1.29 is 51.3 Å². The molecule has 18 heteroatoms. The van der Waals surface area contributed by atoms with E-state index in [-0.39, 0.29) is 26.0 Å². The molecular formula is C28H38N6O11S. The van der Waals surface area contributed by atoms with Crippen molar-refractivity contribution in [2.24, 2.45) is 11.7 Å². The van der Waals surface area contributed by atoms with Gasteiger partial charge in [-0.15, -0.1) is 0 Å². The lowest BCUT2D eigenvalue weighted by Gasteiger charge is -2.27. The van der Waals surface area contributed by atoms with Crippen LogP contribution in [-0.2, 0) is 50.2 Å². The van der Waals surface area contributed by atoms with Crippen molar-refractivity contribution in [1.82, 2.24) is 20.9 Å². The Morgan fingerprint density at radius 1 is 0.935 bits per heavy atom. The summed E-state index contributed by atoms with van der Waals surface area (Å²) in [4.78, 5) is 86.0. The van der Waals surface area contributed by atoms with Gasteiger partial charge in [0.05, 0.1) is 0 Å². The Kier molecular flexibility index (Phi) is 13.8. The van der Waals surface area contributed by atoms with Gasteiger partial charge >= 0.3 is 12.0 Å². The van der Waals surface area contributed by atoms with Gasteiger partial charge in [0.1, 0.15) is 18.7 Å². The van der Waals surface area contributed by atoms with Gasteiger partial charge in [-0.3, -0.25) is 38.2 Å². The summed E-state index contributed by atoms with van der Waals surface area (Å²) in [6.45, 7) is 3.98. The van der Waals surface area contributed by atoms with Crippen LogP contribution in [0.3, 0.4) is 0 Å². The number of hydrogen-bond donors (Lipinski definition) is 6. The van der Waals surface area contributed by atoms with E-state index < -0.39 is 87.9 Å². The van der Waals surface area contributed by atoms with E-state index in [0.29, 0.717) is 16.2 Å². The Morgan fingerprint density at radius 3 is 2.07 bits per heavy atom. The zero-order valence-corrected chi connectivity index (χ0v) is 26.3. The third kappa shape index (κ3) is 11.9. The van der Waals surface area contributed by atoms with Crippen LogP contribution in [-0.4, -0.2) is 89.8 Å². The van der Waals surface area contributed by atoms with Crippen LogP contribution in [0.25, 0.3) is 0 Å². The summed E-state index contributed by atoms with van der Waals surface area (Å²) in [6.07, 6.45) is 1.52. The topological polar surface area (TPSA) is 260 Å². The molecule has 7 amide bonds. The lowest BCUT2D eigenvalue weighted by molar-refractivity contribution is -0.142. The molecule has 0 saturated carbocycles. The number of hydrogen-bond acceptors (Lipinski definition) is 10. The molecule has 0 radical (unpaired) electrons. The molecule has 0 bridgehead atoms. The van der Waals surface area contributed by atoms with Crippen LogP contribution in [0.2, 0.25) is 0 Å². The SMILES string of the molecule is CC(=O)OCc1ccc(NC(=O)[C@H](CCCNC(N)=O)NC(=O)[C@@H](NC(=O)[C@H](CCN2C(=O)C=CC2=O)S(=O)(=O)O)C(C)C)cc1. The number of rotatable bonds is 17. The van der Waals surface area contributed by atoms with Crippen LogP contribution < -0.4 is 27.0 Å².